The maximum Gasteiger partial charge on any atom is 0.0543 e. The smallest absolute Gasteiger partial charge is 0.0543 e. The van der Waals surface area contributed by atoms with Crippen LogP contribution in [0.25, 0.3) is 21.9 Å². The van der Waals surface area contributed by atoms with E-state index < -0.39 is 0 Å². The molecule has 2 nitrogen and oxygen atoms in total. The molecule has 0 spiro atoms. The summed E-state index contributed by atoms with van der Waals surface area (Å²) < 4.78 is 0. The zero-order valence-corrected chi connectivity index (χ0v) is 29.8. The van der Waals surface area contributed by atoms with Crippen LogP contribution < -0.4 is 9.80 Å². The first-order chi connectivity index (χ1) is 24.1. The normalized spacial score (nSPS) is 14.9. The number of para-hydroxylation sites is 2. The minimum absolute atomic E-state index is 0.0925. The summed E-state index contributed by atoms with van der Waals surface area (Å²) in [4.78, 5) is 4.97. The molecule has 2 heterocycles. The highest BCUT2D eigenvalue weighted by Crippen LogP contribution is 2.60. The van der Waals surface area contributed by atoms with Crippen LogP contribution in [0.3, 0.4) is 0 Å². The number of aryl methyl sites for hydroxylation is 2. The van der Waals surface area contributed by atoms with Crippen LogP contribution in [-0.2, 0) is 10.8 Å². The van der Waals surface area contributed by atoms with Gasteiger partial charge in [0.15, 0.2) is 0 Å². The molecule has 0 aliphatic carbocycles. The lowest BCUT2D eigenvalue weighted by molar-refractivity contribution is 0.597. The fourth-order valence-corrected chi connectivity index (χ4v) is 8.71. The second-order valence-electron chi connectivity index (χ2n) is 15.3. The Morgan fingerprint density at radius 1 is 0.420 bits per heavy atom. The average molecular weight is 647 g/mol. The minimum Gasteiger partial charge on any atom is -0.310 e. The first kappa shape index (κ1) is 30.5. The van der Waals surface area contributed by atoms with Gasteiger partial charge in [0.1, 0.15) is 0 Å². The predicted molar refractivity (Wildman–Crippen MR) is 212 cm³/mol. The molecular formula is C48H42N2. The van der Waals surface area contributed by atoms with Crippen LogP contribution in [0.2, 0.25) is 0 Å². The van der Waals surface area contributed by atoms with Crippen LogP contribution in [-0.4, -0.2) is 0 Å². The molecule has 0 radical (unpaired) electrons. The Kier molecular flexibility index (Phi) is 6.67. The van der Waals surface area contributed by atoms with Gasteiger partial charge in [0.2, 0.25) is 0 Å². The van der Waals surface area contributed by atoms with Crippen molar-refractivity contribution in [2.24, 2.45) is 0 Å². The summed E-state index contributed by atoms with van der Waals surface area (Å²) in [6.45, 7) is 13.9. The SMILES string of the molecule is Cc1cc(C)cc(N(c2ccc(-c3ccc4ccccc4c3)cc2)c2ccc3c(c2)C(C)(C)c2cccc4c2N3c2ccccc2C4(C)C)c1. The summed E-state index contributed by atoms with van der Waals surface area (Å²) in [5.41, 5.74) is 17.5. The lowest BCUT2D eigenvalue weighted by atomic mass is 9.66. The van der Waals surface area contributed by atoms with Crippen molar-refractivity contribution in [1.29, 1.82) is 0 Å². The molecule has 0 fully saturated rings. The van der Waals surface area contributed by atoms with Crippen LogP contribution in [0.4, 0.5) is 34.1 Å². The predicted octanol–water partition coefficient (Wildman–Crippen LogP) is 13.3. The molecule has 0 N–H and O–H groups in total. The lowest BCUT2D eigenvalue weighted by Gasteiger charge is -2.49. The number of hydrogen-bond acceptors (Lipinski definition) is 2. The first-order valence-electron chi connectivity index (χ1n) is 17.8. The van der Waals surface area contributed by atoms with Gasteiger partial charge in [-0.2, -0.15) is 0 Å². The second-order valence-corrected chi connectivity index (χ2v) is 15.3. The molecule has 0 saturated heterocycles. The fourth-order valence-electron chi connectivity index (χ4n) is 8.71. The van der Waals surface area contributed by atoms with E-state index in [1.807, 2.05) is 0 Å². The van der Waals surface area contributed by atoms with Crippen molar-refractivity contribution in [1.82, 2.24) is 0 Å². The Bertz CT molecular complexity index is 2440. The first-order valence-corrected chi connectivity index (χ1v) is 17.8. The van der Waals surface area contributed by atoms with E-state index in [1.165, 1.54) is 78.0 Å². The number of fused-ring (bicyclic) bond motifs is 5. The van der Waals surface area contributed by atoms with Gasteiger partial charge in [0, 0.05) is 27.9 Å². The summed E-state index contributed by atoms with van der Waals surface area (Å²) >= 11 is 0. The van der Waals surface area contributed by atoms with Crippen molar-refractivity contribution < 1.29 is 0 Å². The number of benzene rings is 7. The summed E-state index contributed by atoms with van der Waals surface area (Å²) in [5, 5.41) is 2.52. The minimum atomic E-state index is -0.205. The van der Waals surface area contributed by atoms with Crippen molar-refractivity contribution in [3.63, 3.8) is 0 Å². The van der Waals surface area contributed by atoms with E-state index in [0.29, 0.717) is 0 Å². The highest BCUT2D eigenvalue weighted by molar-refractivity contribution is 5.94. The third-order valence-electron chi connectivity index (χ3n) is 11.3. The van der Waals surface area contributed by atoms with Gasteiger partial charge in [-0.05, 0) is 124 Å². The fraction of sp³-hybridized carbons (Fsp3) is 0.167. The molecule has 0 atom stereocenters. The van der Waals surface area contributed by atoms with Gasteiger partial charge in [-0.15, -0.1) is 0 Å². The molecule has 0 amide bonds. The van der Waals surface area contributed by atoms with Gasteiger partial charge >= 0.3 is 0 Å². The van der Waals surface area contributed by atoms with E-state index in [-0.39, 0.29) is 10.8 Å². The molecule has 7 aromatic rings. The molecule has 0 saturated carbocycles. The number of anilines is 6. The van der Waals surface area contributed by atoms with Gasteiger partial charge in [-0.25, -0.2) is 0 Å². The quantitative estimate of drug-likeness (QED) is 0.188. The van der Waals surface area contributed by atoms with E-state index in [4.69, 9.17) is 0 Å². The third kappa shape index (κ3) is 4.55. The zero-order chi connectivity index (χ0) is 34.4. The standard InChI is InChI=1S/C48H42N2/c1-31-26-32(2)28-39(27-31)49(37-22-20-34(21-23-37)36-19-18-33-12-7-8-13-35(33)29-36)38-24-25-45-43(30-38)48(5,6)42-16-11-15-41-46(42)50(45)44-17-10-9-14-40(44)47(41,3)4/h7-30H,1-6H3. The molecule has 9 rings (SSSR count). The second kappa shape index (κ2) is 11.0. The molecule has 0 unspecified atom stereocenters. The molecule has 50 heavy (non-hydrogen) atoms. The topological polar surface area (TPSA) is 6.48 Å². The van der Waals surface area contributed by atoms with Crippen molar-refractivity contribution in [2.45, 2.75) is 52.4 Å². The number of hydrogen-bond donors (Lipinski definition) is 0. The molecule has 244 valence electrons. The van der Waals surface area contributed by atoms with Crippen LogP contribution in [0.5, 0.6) is 0 Å². The molecule has 0 aromatic heterocycles. The summed E-state index contributed by atoms with van der Waals surface area (Å²) in [6, 6.07) is 54.3. The van der Waals surface area contributed by atoms with E-state index in [0.717, 1.165) is 11.4 Å². The van der Waals surface area contributed by atoms with Crippen molar-refractivity contribution >= 4 is 44.9 Å². The summed E-state index contributed by atoms with van der Waals surface area (Å²) in [5.74, 6) is 0. The maximum absolute atomic E-state index is 2.54. The zero-order valence-electron chi connectivity index (χ0n) is 29.8. The van der Waals surface area contributed by atoms with Crippen molar-refractivity contribution in [3.8, 4) is 11.1 Å². The Morgan fingerprint density at radius 3 is 1.74 bits per heavy atom. The molecule has 7 aromatic carbocycles. The highest BCUT2D eigenvalue weighted by Gasteiger charge is 2.45. The van der Waals surface area contributed by atoms with E-state index in [9.17, 15) is 0 Å². The average Bonchev–Trinajstić information content (AvgIpc) is 3.11. The lowest BCUT2D eigenvalue weighted by Crippen LogP contribution is -2.38. The van der Waals surface area contributed by atoms with Gasteiger partial charge in [-0.3, -0.25) is 0 Å². The molecule has 2 aliphatic heterocycles. The van der Waals surface area contributed by atoms with Gasteiger partial charge in [0.05, 0.1) is 17.1 Å². The van der Waals surface area contributed by atoms with Crippen molar-refractivity contribution in [3.05, 3.63) is 179 Å². The monoisotopic (exact) mass is 646 g/mol. The Hall–Kier alpha value is -5.60. The van der Waals surface area contributed by atoms with Crippen LogP contribution in [0.15, 0.2) is 146 Å². The Balaban J connectivity index is 1.21. The molecule has 0 bridgehead atoms. The summed E-state index contributed by atoms with van der Waals surface area (Å²) in [6.07, 6.45) is 0. The highest BCUT2D eigenvalue weighted by atomic mass is 15.2. The third-order valence-corrected chi connectivity index (χ3v) is 11.3. The van der Waals surface area contributed by atoms with Gasteiger partial charge < -0.3 is 9.80 Å². The number of rotatable bonds is 4. The molecular weight excluding hydrogens is 605 g/mol. The number of nitrogens with zero attached hydrogens (tertiary/aromatic N) is 2. The van der Waals surface area contributed by atoms with Crippen LogP contribution >= 0.6 is 0 Å². The van der Waals surface area contributed by atoms with Crippen LogP contribution in [0.1, 0.15) is 61.1 Å². The van der Waals surface area contributed by atoms with E-state index in [1.54, 1.807) is 0 Å². The van der Waals surface area contributed by atoms with E-state index in [2.05, 4.69) is 197 Å². The largest absolute Gasteiger partial charge is 0.310 e. The molecule has 2 aliphatic rings. The van der Waals surface area contributed by atoms with Crippen molar-refractivity contribution in [2.75, 3.05) is 9.80 Å². The van der Waals surface area contributed by atoms with Crippen LogP contribution in [0, 0.1) is 13.8 Å². The maximum atomic E-state index is 2.54. The van der Waals surface area contributed by atoms with Gasteiger partial charge in [-0.1, -0.05) is 119 Å². The van der Waals surface area contributed by atoms with Gasteiger partial charge in [0.25, 0.3) is 0 Å². The van der Waals surface area contributed by atoms with E-state index >= 15 is 0 Å². The Labute approximate surface area is 296 Å². The summed E-state index contributed by atoms with van der Waals surface area (Å²) in [7, 11) is 0. The molecule has 2 heteroatoms. The Morgan fingerprint density at radius 2 is 1.00 bits per heavy atom.